The van der Waals surface area contributed by atoms with E-state index in [2.05, 4.69) is 133 Å². The molecule has 0 N–H and O–H groups in total. The third kappa shape index (κ3) is 4.76. The van der Waals surface area contributed by atoms with E-state index in [-0.39, 0.29) is 15.9 Å². The Morgan fingerprint density at radius 3 is 1.70 bits per heavy atom. The molecule has 0 nitrogen and oxygen atoms in total. The van der Waals surface area contributed by atoms with Crippen molar-refractivity contribution in [1.82, 2.24) is 0 Å². The minimum absolute atomic E-state index is 0.0481. The third-order valence-corrected chi connectivity index (χ3v) is 11.1. The zero-order chi connectivity index (χ0) is 29.0. The van der Waals surface area contributed by atoms with Crippen LogP contribution in [0.15, 0.2) is 78.9 Å². The van der Waals surface area contributed by atoms with Crippen LogP contribution in [0.2, 0.25) is 13.1 Å². The Bertz CT molecular complexity index is 1530. The van der Waals surface area contributed by atoms with E-state index in [1.54, 1.807) is 11.1 Å². The van der Waals surface area contributed by atoms with Crippen molar-refractivity contribution in [3.8, 4) is 22.3 Å². The van der Waals surface area contributed by atoms with Crippen molar-refractivity contribution in [2.24, 2.45) is 0 Å². The number of hydrogen-bond acceptors (Lipinski definition) is 0. The second-order valence-electron chi connectivity index (χ2n) is 13.5. The van der Waals surface area contributed by atoms with Crippen molar-refractivity contribution in [2.75, 3.05) is 0 Å². The molecule has 0 saturated heterocycles. The molecule has 0 unspecified atom stereocenters. The summed E-state index contributed by atoms with van der Waals surface area (Å²) in [6.45, 7) is 19.2. The zero-order valence-electron chi connectivity index (χ0n) is 25.0. The molecule has 4 aromatic carbocycles. The van der Waals surface area contributed by atoms with Crippen molar-refractivity contribution >= 4 is 25.8 Å². The van der Waals surface area contributed by atoms with Crippen LogP contribution >= 0.6 is 17.0 Å². The molecule has 0 aromatic heterocycles. The summed E-state index contributed by atoms with van der Waals surface area (Å²) in [4.78, 5) is 0. The van der Waals surface area contributed by atoms with Gasteiger partial charge in [-0.25, -0.2) is 0 Å². The first-order valence-corrected chi connectivity index (χ1v) is 23.0. The Kier molecular flexibility index (Phi) is 8.26. The van der Waals surface area contributed by atoms with Crippen LogP contribution in [0.5, 0.6) is 0 Å². The fraction of sp³-hybridized carbons (Fsp3) is 0.333. The predicted octanol–water partition coefficient (Wildman–Crippen LogP) is 10.8. The molecular weight excluding hydrogens is 623 g/mol. The van der Waals surface area contributed by atoms with Crippen LogP contribution in [0.1, 0.15) is 80.5 Å². The summed E-state index contributed by atoms with van der Waals surface area (Å²) in [6, 6.07) is 30.7. The van der Waals surface area contributed by atoms with Gasteiger partial charge < -0.3 is 0 Å². The summed E-state index contributed by atoms with van der Waals surface area (Å²) in [7, 11) is 9.00. The van der Waals surface area contributed by atoms with Gasteiger partial charge in [-0.2, -0.15) is 0 Å². The Morgan fingerprint density at radius 1 is 0.675 bits per heavy atom. The molecule has 2 aliphatic carbocycles. The van der Waals surface area contributed by atoms with Gasteiger partial charge in [-0.05, 0) is 78.4 Å². The van der Waals surface area contributed by atoms with Crippen LogP contribution < -0.4 is 0 Å². The first-order chi connectivity index (χ1) is 18.9. The van der Waals surface area contributed by atoms with Gasteiger partial charge >= 0.3 is 37.9 Å². The fourth-order valence-electron chi connectivity index (χ4n) is 7.09. The van der Waals surface area contributed by atoms with Crippen molar-refractivity contribution in [3.05, 3.63) is 118 Å². The summed E-state index contributed by atoms with van der Waals surface area (Å²) in [5.74, 6) is 0. The van der Waals surface area contributed by atoms with Crippen LogP contribution in [0, 0.1) is 0 Å². The SMILES string of the molecule is C[Si](C)C1(c2c(C(C)(C)C)ccc3c2Cc2cc(C(C)(C)C)ccc2-3)c2ccccc2-c2ccccc21.[Cl][Zr][Cl]. The van der Waals surface area contributed by atoms with E-state index in [0.29, 0.717) is 0 Å². The molecule has 0 atom stereocenters. The molecule has 0 saturated carbocycles. The molecular formula is C36H39Cl2SiZr. The van der Waals surface area contributed by atoms with Gasteiger partial charge in [0.15, 0.2) is 0 Å². The summed E-state index contributed by atoms with van der Waals surface area (Å²) < 4.78 is 0. The molecule has 6 rings (SSSR count). The molecule has 0 heterocycles. The molecule has 4 aromatic rings. The maximum atomic E-state index is 4.93. The Labute approximate surface area is 261 Å². The molecule has 0 bridgehead atoms. The van der Waals surface area contributed by atoms with Crippen LogP contribution in [0.4, 0.5) is 0 Å². The van der Waals surface area contributed by atoms with E-state index < -0.39 is 29.6 Å². The van der Waals surface area contributed by atoms with E-state index in [1.807, 2.05) is 0 Å². The number of benzene rings is 4. The van der Waals surface area contributed by atoms with Gasteiger partial charge in [-0.1, -0.05) is 133 Å². The zero-order valence-corrected chi connectivity index (χ0v) is 29.9. The van der Waals surface area contributed by atoms with Gasteiger partial charge in [-0.15, -0.1) is 0 Å². The molecule has 40 heavy (non-hydrogen) atoms. The number of hydrogen-bond donors (Lipinski definition) is 0. The Morgan fingerprint density at radius 2 is 1.20 bits per heavy atom. The Balaban J connectivity index is 0.00000103. The van der Waals surface area contributed by atoms with Gasteiger partial charge in [0.1, 0.15) is 0 Å². The second kappa shape index (κ2) is 11.0. The van der Waals surface area contributed by atoms with E-state index in [1.165, 1.54) is 50.1 Å². The van der Waals surface area contributed by atoms with Crippen LogP contribution in [0.25, 0.3) is 22.3 Å². The average molecular weight is 662 g/mol. The molecule has 0 spiro atoms. The predicted molar refractivity (Wildman–Crippen MR) is 173 cm³/mol. The molecule has 0 amide bonds. The van der Waals surface area contributed by atoms with Gasteiger partial charge in [-0.3, -0.25) is 0 Å². The molecule has 0 aliphatic heterocycles. The summed E-state index contributed by atoms with van der Waals surface area (Å²) >= 11 is -0.826. The van der Waals surface area contributed by atoms with Gasteiger partial charge in [0, 0.05) is 5.04 Å². The van der Waals surface area contributed by atoms with E-state index in [4.69, 9.17) is 17.0 Å². The summed E-state index contributed by atoms with van der Waals surface area (Å²) in [5.41, 5.74) is 16.5. The van der Waals surface area contributed by atoms with E-state index >= 15 is 0 Å². The number of fused-ring (bicyclic) bond motifs is 6. The van der Waals surface area contributed by atoms with Crippen molar-refractivity contribution in [2.45, 2.75) is 76.9 Å². The van der Waals surface area contributed by atoms with Gasteiger partial charge in [0.2, 0.25) is 0 Å². The summed E-state index contributed by atoms with van der Waals surface area (Å²) in [5, 5.41) is -0.0826. The van der Waals surface area contributed by atoms with Crippen LogP contribution in [0.3, 0.4) is 0 Å². The number of rotatable bonds is 2. The van der Waals surface area contributed by atoms with Gasteiger partial charge in [0.25, 0.3) is 0 Å². The van der Waals surface area contributed by atoms with Crippen molar-refractivity contribution in [1.29, 1.82) is 0 Å². The molecule has 2 aliphatic rings. The quantitative estimate of drug-likeness (QED) is 0.165. The van der Waals surface area contributed by atoms with Gasteiger partial charge in [0.05, 0.1) is 8.80 Å². The van der Waals surface area contributed by atoms with Crippen molar-refractivity contribution < 1.29 is 20.8 Å². The standard InChI is InChI=1S/C36H39Si.2ClH.Zr/c1-34(2,3)24-17-18-25-23(21-24)22-29-26(25)19-20-32(35(4,5)6)33(29)36(37(7)8)30-15-11-9-13-27(30)28-14-10-12-16-31(28)36;;;/h9-21H,22H2,1-8H3;2*1H;/q;;;+2/p-2. The van der Waals surface area contributed by atoms with E-state index in [0.717, 1.165) is 6.42 Å². The van der Waals surface area contributed by atoms with Crippen LogP contribution in [-0.4, -0.2) is 8.80 Å². The van der Waals surface area contributed by atoms with Crippen molar-refractivity contribution in [3.63, 3.8) is 0 Å². The molecule has 205 valence electrons. The first-order valence-electron chi connectivity index (χ1n) is 14.1. The van der Waals surface area contributed by atoms with E-state index in [9.17, 15) is 0 Å². The first kappa shape index (κ1) is 30.0. The molecule has 4 heteroatoms. The molecule has 0 fully saturated rings. The van der Waals surface area contributed by atoms with Crippen LogP contribution in [-0.2, 0) is 43.1 Å². The second-order valence-corrected chi connectivity index (χ2v) is 20.0. The minimum atomic E-state index is -0.867. The normalized spacial score (nSPS) is 14.6. The number of halogens is 2. The summed E-state index contributed by atoms with van der Waals surface area (Å²) in [6.07, 6.45) is 1.02. The average Bonchev–Trinajstić information content (AvgIpc) is 3.41. The Hall–Kier alpha value is -1.44. The fourth-order valence-corrected chi connectivity index (χ4v) is 9.39. The topological polar surface area (TPSA) is 0 Å². The monoisotopic (exact) mass is 659 g/mol. The third-order valence-electron chi connectivity index (χ3n) is 8.83. The molecule has 1 radical (unpaired) electrons. The maximum absolute atomic E-state index is 4.93.